The van der Waals surface area contributed by atoms with Crippen LogP contribution in [0.3, 0.4) is 0 Å². The van der Waals surface area contributed by atoms with E-state index >= 15 is 0 Å². The minimum absolute atomic E-state index is 0.250. The van der Waals surface area contributed by atoms with E-state index in [9.17, 15) is 0 Å². The minimum Gasteiger partial charge on any atom is -0.471 e. The van der Waals surface area contributed by atoms with E-state index in [2.05, 4.69) is 33.2 Å². The van der Waals surface area contributed by atoms with Crippen molar-refractivity contribution in [2.75, 3.05) is 0 Å². The average Bonchev–Trinajstić information content (AvgIpc) is 3.47. The topological polar surface area (TPSA) is 83.0 Å². The zero-order chi connectivity index (χ0) is 21.8. The van der Waals surface area contributed by atoms with Crippen molar-refractivity contribution in [3.8, 4) is 17.3 Å². The largest absolute Gasteiger partial charge is 0.471 e. The lowest BCUT2D eigenvalue weighted by atomic mass is 10.1. The smallest absolute Gasteiger partial charge is 0.202 e. The van der Waals surface area contributed by atoms with Crippen LogP contribution in [0, 0.1) is 13.8 Å². The molecule has 5 aromatic heterocycles. The van der Waals surface area contributed by atoms with Gasteiger partial charge in [0.05, 0.1) is 5.52 Å². The summed E-state index contributed by atoms with van der Waals surface area (Å²) in [6, 6.07) is 11.2. The molecule has 0 atom stereocenters. The van der Waals surface area contributed by atoms with Crippen LogP contribution in [0.5, 0.6) is 5.75 Å². The summed E-state index contributed by atoms with van der Waals surface area (Å²) in [5, 5.41) is 10.8. The Morgan fingerprint density at radius 1 is 1.09 bits per heavy atom. The zero-order valence-corrected chi connectivity index (χ0v) is 18.7. The summed E-state index contributed by atoms with van der Waals surface area (Å²) < 4.78 is 10.1. The summed E-state index contributed by atoms with van der Waals surface area (Å²) in [4.78, 5) is 15.1. The van der Waals surface area contributed by atoms with E-state index in [-0.39, 0.29) is 6.73 Å². The summed E-state index contributed by atoms with van der Waals surface area (Å²) in [5.41, 5.74) is 4.46. The van der Waals surface area contributed by atoms with Crippen molar-refractivity contribution in [2.24, 2.45) is 0 Å². The van der Waals surface area contributed by atoms with E-state index < -0.39 is 0 Å². The first-order valence-electron chi connectivity index (χ1n) is 9.89. The summed E-state index contributed by atoms with van der Waals surface area (Å²) >= 11 is 7.59. The van der Waals surface area contributed by atoms with Crippen LogP contribution in [0.1, 0.15) is 11.3 Å². The van der Waals surface area contributed by atoms with Gasteiger partial charge in [-0.25, -0.2) is 24.1 Å². The van der Waals surface area contributed by atoms with E-state index in [4.69, 9.17) is 21.3 Å². The van der Waals surface area contributed by atoms with Crippen molar-refractivity contribution in [2.45, 2.75) is 20.6 Å². The highest BCUT2D eigenvalue weighted by atomic mass is 35.5. The monoisotopic (exact) mass is 461 g/mol. The number of rotatable bonds is 4. The molecule has 0 aliphatic rings. The highest BCUT2D eigenvalue weighted by Gasteiger charge is 2.17. The van der Waals surface area contributed by atoms with Crippen LogP contribution in [0.4, 0.5) is 0 Å². The fourth-order valence-corrected chi connectivity index (χ4v) is 5.13. The first-order valence-corrected chi connectivity index (χ1v) is 11.1. The molecule has 0 saturated heterocycles. The van der Waals surface area contributed by atoms with Crippen molar-refractivity contribution in [3.63, 3.8) is 0 Å². The maximum atomic E-state index is 6.00. The van der Waals surface area contributed by atoms with Crippen molar-refractivity contribution >= 4 is 49.0 Å². The van der Waals surface area contributed by atoms with Gasteiger partial charge in [0.2, 0.25) is 5.82 Å². The van der Waals surface area contributed by atoms with Gasteiger partial charge in [-0.3, -0.25) is 0 Å². The fourth-order valence-electron chi connectivity index (χ4n) is 3.73. The molecule has 0 bridgehead atoms. The number of aromatic nitrogens is 7. The highest BCUT2D eigenvalue weighted by molar-refractivity contribution is 7.26. The van der Waals surface area contributed by atoms with Crippen LogP contribution in [0.15, 0.2) is 48.9 Å². The second-order valence-electron chi connectivity index (χ2n) is 7.46. The third kappa shape index (κ3) is 3.17. The Kier molecular flexibility index (Phi) is 4.34. The number of ether oxygens (including phenoxy) is 1. The van der Waals surface area contributed by atoms with Gasteiger partial charge < -0.3 is 4.74 Å². The van der Waals surface area contributed by atoms with Crippen LogP contribution in [-0.4, -0.2) is 34.3 Å². The molecule has 0 aliphatic heterocycles. The highest BCUT2D eigenvalue weighted by Crippen LogP contribution is 2.35. The number of aryl methyl sites for hydroxylation is 2. The van der Waals surface area contributed by atoms with E-state index in [1.165, 1.54) is 0 Å². The van der Waals surface area contributed by atoms with Gasteiger partial charge in [-0.1, -0.05) is 17.7 Å². The number of fused-ring (bicyclic) bond motifs is 5. The predicted molar refractivity (Wildman–Crippen MR) is 124 cm³/mol. The molecule has 6 rings (SSSR count). The summed E-state index contributed by atoms with van der Waals surface area (Å²) in [7, 11) is 0. The second-order valence-corrected chi connectivity index (χ2v) is 8.90. The molecule has 1 aromatic carbocycles. The third-order valence-electron chi connectivity index (χ3n) is 5.12. The average molecular weight is 462 g/mol. The van der Waals surface area contributed by atoms with Gasteiger partial charge in [0, 0.05) is 22.3 Å². The van der Waals surface area contributed by atoms with Crippen LogP contribution in [0.25, 0.3) is 37.6 Å². The van der Waals surface area contributed by atoms with E-state index in [1.807, 2.05) is 31.3 Å². The number of benzene rings is 1. The van der Waals surface area contributed by atoms with Gasteiger partial charge in [0.25, 0.3) is 0 Å². The lowest BCUT2D eigenvalue weighted by Crippen LogP contribution is -2.05. The Hall–Kier alpha value is -3.56. The molecule has 0 spiro atoms. The molecule has 0 radical (unpaired) electrons. The number of hydrogen-bond donors (Lipinski definition) is 0. The summed E-state index contributed by atoms with van der Waals surface area (Å²) in [6.45, 7) is 4.34. The van der Waals surface area contributed by atoms with E-state index in [0.717, 1.165) is 37.3 Å². The molecule has 0 aliphatic carbocycles. The van der Waals surface area contributed by atoms with Crippen LogP contribution in [0.2, 0.25) is 5.02 Å². The number of halogens is 1. The van der Waals surface area contributed by atoms with Gasteiger partial charge >= 0.3 is 0 Å². The van der Waals surface area contributed by atoms with Crippen LogP contribution >= 0.6 is 22.9 Å². The molecule has 0 saturated carbocycles. The van der Waals surface area contributed by atoms with Gasteiger partial charge in [0.15, 0.2) is 12.4 Å². The van der Waals surface area contributed by atoms with E-state index in [1.54, 1.807) is 39.0 Å². The van der Waals surface area contributed by atoms with Crippen molar-refractivity contribution in [1.29, 1.82) is 0 Å². The van der Waals surface area contributed by atoms with Crippen LogP contribution in [-0.2, 0) is 6.73 Å². The fraction of sp³-hybridized carbons (Fsp3) is 0.136. The van der Waals surface area contributed by atoms with Gasteiger partial charge in [-0.15, -0.1) is 16.4 Å². The Balaban J connectivity index is 1.36. The molecule has 0 amide bonds. The van der Waals surface area contributed by atoms with Gasteiger partial charge in [-0.2, -0.15) is 5.10 Å². The lowest BCUT2D eigenvalue weighted by molar-refractivity contribution is 0.221. The second kappa shape index (κ2) is 7.25. The van der Waals surface area contributed by atoms with Gasteiger partial charge in [0.1, 0.15) is 27.3 Å². The molecule has 5 heterocycles. The minimum atomic E-state index is 0.250. The van der Waals surface area contributed by atoms with Gasteiger partial charge in [-0.05, 0) is 49.7 Å². The normalized spacial score (nSPS) is 11.7. The van der Waals surface area contributed by atoms with Crippen molar-refractivity contribution < 1.29 is 4.74 Å². The summed E-state index contributed by atoms with van der Waals surface area (Å²) in [5.74, 6) is 1.21. The standard InChI is InChI=1S/C22H16ClN7OS/c1-12-8-13(2)25-22-17(12)18-19(32-22)21-26-20(28-30(21)10-24-18)16-6-7-29(27-16)11-31-15-5-3-4-14(23)9-15/h3-10H,11H2,1-2H3. The first kappa shape index (κ1) is 19.1. The first-order chi connectivity index (χ1) is 15.5. The Labute approximate surface area is 191 Å². The molecule has 10 heteroatoms. The molecule has 8 nitrogen and oxygen atoms in total. The van der Waals surface area contributed by atoms with E-state index in [0.29, 0.717) is 22.3 Å². The third-order valence-corrected chi connectivity index (χ3v) is 6.43. The number of nitrogens with zero attached hydrogens (tertiary/aromatic N) is 7. The Bertz CT molecular complexity index is 1630. The molecule has 0 N–H and O–H groups in total. The summed E-state index contributed by atoms with van der Waals surface area (Å²) in [6.07, 6.45) is 3.52. The lowest BCUT2D eigenvalue weighted by Gasteiger charge is -2.05. The Morgan fingerprint density at radius 3 is 2.88 bits per heavy atom. The Morgan fingerprint density at radius 2 is 2.00 bits per heavy atom. The van der Waals surface area contributed by atoms with Crippen molar-refractivity contribution in [1.82, 2.24) is 34.3 Å². The number of thiophene rings is 1. The van der Waals surface area contributed by atoms with Crippen molar-refractivity contribution in [3.05, 3.63) is 65.2 Å². The number of pyridine rings is 1. The quantitative estimate of drug-likeness (QED) is 0.365. The van der Waals surface area contributed by atoms with Crippen LogP contribution < -0.4 is 4.74 Å². The zero-order valence-electron chi connectivity index (χ0n) is 17.2. The number of hydrogen-bond acceptors (Lipinski definition) is 7. The molecule has 158 valence electrons. The molecular weight excluding hydrogens is 446 g/mol. The molecule has 0 unspecified atom stereocenters. The molecule has 0 fully saturated rings. The molecular formula is C22H16ClN7OS. The maximum absolute atomic E-state index is 6.00. The predicted octanol–water partition coefficient (Wildman–Crippen LogP) is 5.06. The SMILES string of the molecule is Cc1cc(C)c2c(n1)sc1c2ncn2nc(-c3ccn(COc4cccc(Cl)c4)n3)nc12. The molecule has 6 aromatic rings. The molecule has 32 heavy (non-hydrogen) atoms. The maximum Gasteiger partial charge on any atom is 0.202 e.